The summed E-state index contributed by atoms with van der Waals surface area (Å²) in [6, 6.07) is 14.5. The average Bonchev–Trinajstić information content (AvgIpc) is 3.45. The molecule has 0 saturated carbocycles. The first kappa shape index (κ1) is 26.9. The molecule has 194 valence electrons. The standard InChI is InChI=1S/C27H21ClN2O7S/c1-3-36-26(34)20-12-18(8-10-21(20)28)29-24(32)14-30-25(33)23(38-27(30)35)13-19-9-11-22(37-19)17-6-4-16(5-7-17)15(2)31/h4-13H,3,14H2,1-2H3,(H,29,32)/b23-13+. The summed E-state index contributed by atoms with van der Waals surface area (Å²) < 4.78 is 10.7. The van der Waals surface area contributed by atoms with Crippen LogP contribution in [0, 0.1) is 0 Å². The Balaban J connectivity index is 1.42. The normalized spacial score (nSPS) is 14.2. The number of halogens is 1. The number of hydrogen-bond donors (Lipinski definition) is 1. The molecule has 0 spiro atoms. The topological polar surface area (TPSA) is 123 Å². The lowest BCUT2D eigenvalue weighted by Crippen LogP contribution is -2.36. The SMILES string of the molecule is CCOC(=O)c1cc(NC(=O)CN2C(=O)S/C(=C/c3ccc(-c4ccc(C(C)=O)cc4)o3)C2=O)ccc1Cl. The van der Waals surface area contributed by atoms with Crippen molar-refractivity contribution in [1.82, 2.24) is 4.90 Å². The van der Waals surface area contributed by atoms with Crippen molar-refractivity contribution in [3.05, 3.63) is 81.4 Å². The lowest BCUT2D eigenvalue weighted by Gasteiger charge is -2.13. The summed E-state index contributed by atoms with van der Waals surface area (Å²) >= 11 is 6.73. The Kier molecular flexibility index (Phi) is 8.13. The quantitative estimate of drug-likeness (QED) is 0.216. The summed E-state index contributed by atoms with van der Waals surface area (Å²) in [6.45, 7) is 2.77. The fraction of sp³-hybridized carbons (Fsp3) is 0.148. The molecule has 1 fully saturated rings. The Morgan fingerprint density at radius 3 is 2.50 bits per heavy atom. The van der Waals surface area contributed by atoms with Crippen molar-refractivity contribution >= 4 is 63.9 Å². The molecule has 2 aromatic carbocycles. The molecule has 3 amide bonds. The highest BCUT2D eigenvalue weighted by atomic mass is 35.5. The van der Waals surface area contributed by atoms with Gasteiger partial charge in [0.1, 0.15) is 18.1 Å². The third-order valence-electron chi connectivity index (χ3n) is 5.40. The molecule has 0 aliphatic carbocycles. The second-order valence-electron chi connectivity index (χ2n) is 8.07. The smallest absolute Gasteiger partial charge is 0.339 e. The molecule has 1 aliphatic heterocycles. The van der Waals surface area contributed by atoms with Crippen LogP contribution in [0.4, 0.5) is 10.5 Å². The maximum Gasteiger partial charge on any atom is 0.339 e. The molecule has 1 aliphatic rings. The number of hydrogen-bond acceptors (Lipinski definition) is 8. The molecule has 11 heteroatoms. The van der Waals surface area contributed by atoms with Gasteiger partial charge in [-0.2, -0.15) is 0 Å². The molecule has 0 atom stereocenters. The molecule has 3 aromatic rings. The van der Waals surface area contributed by atoms with Gasteiger partial charge < -0.3 is 14.5 Å². The number of thioether (sulfide) groups is 1. The minimum Gasteiger partial charge on any atom is -0.462 e. The molecule has 4 rings (SSSR count). The number of ether oxygens (including phenoxy) is 1. The number of carbonyl (C=O) groups excluding carboxylic acids is 5. The van der Waals surface area contributed by atoms with E-state index < -0.39 is 29.6 Å². The van der Waals surface area contributed by atoms with E-state index in [9.17, 15) is 24.0 Å². The van der Waals surface area contributed by atoms with Crippen molar-refractivity contribution in [3.8, 4) is 11.3 Å². The van der Waals surface area contributed by atoms with Gasteiger partial charge in [-0.3, -0.25) is 24.1 Å². The molecule has 1 N–H and O–H groups in total. The van der Waals surface area contributed by atoms with Crippen LogP contribution in [-0.2, 0) is 14.3 Å². The van der Waals surface area contributed by atoms with Crippen LogP contribution in [-0.4, -0.2) is 46.9 Å². The fourth-order valence-electron chi connectivity index (χ4n) is 3.53. The van der Waals surface area contributed by atoms with Crippen molar-refractivity contribution in [2.75, 3.05) is 18.5 Å². The highest BCUT2D eigenvalue weighted by molar-refractivity contribution is 8.18. The van der Waals surface area contributed by atoms with E-state index in [1.165, 1.54) is 31.2 Å². The summed E-state index contributed by atoms with van der Waals surface area (Å²) in [4.78, 5) is 62.3. The van der Waals surface area contributed by atoms with Gasteiger partial charge in [0.15, 0.2) is 5.78 Å². The molecule has 2 heterocycles. The van der Waals surface area contributed by atoms with Gasteiger partial charge in [-0.15, -0.1) is 0 Å². The number of rotatable bonds is 8. The Bertz CT molecular complexity index is 1480. The number of furan rings is 1. The van der Waals surface area contributed by atoms with Crippen LogP contribution in [0.15, 0.2) is 63.9 Å². The molecule has 1 aromatic heterocycles. The maximum atomic E-state index is 12.8. The molecule has 0 bridgehead atoms. The zero-order valence-corrected chi connectivity index (χ0v) is 21.9. The summed E-state index contributed by atoms with van der Waals surface area (Å²) in [5.74, 6) is -1.09. The highest BCUT2D eigenvalue weighted by Crippen LogP contribution is 2.33. The summed E-state index contributed by atoms with van der Waals surface area (Å²) in [5, 5.41) is 2.11. The lowest BCUT2D eigenvalue weighted by molar-refractivity contribution is -0.127. The van der Waals surface area contributed by atoms with Gasteiger partial charge in [0, 0.05) is 22.9 Å². The van der Waals surface area contributed by atoms with E-state index in [0.29, 0.717) is 28.8 Å². The van der Waals surface area contributed by atoms with Crippen LogP contribution in [0.25, 0.3) is 17.4 Å². The Morgan fingerprint density at radius 2 is 1.82 bits per heavy atom. The first-order valence-corrected chi connectivity index (χ1v) is 12.6. The highest BCUT2D eigenvalue weighted by Gasteiger charge is 2.36. The number of ketones is 1. The second kappa shape index (κ2) is 11.5. The van der Waals surface area contributed by atoms with E-state index in [4.69, 9.17) is 20.8 Å². The number of carbonyl (C=O) groups is 5. The van der Waals surface area contributed by atoms with E-state index in [2.05, 4.69) is 5.32 Å². The Labute approximate surface area is 226 Å². The minimum absolute atomic E-state index is 0.0457. The number of esters is 1. The molecular weight excluding hydrogens is 532 g/mol. The Hall–Kier alpha value is -4.15. The molecule has 38 heavy (non-hydrogen) atoms. The largest absolute Gasteiger partial charge is 0.462 e. The van der Waals surface area contributed by atoms with E-state index in [0.717, 1.165) is 10.5 Å². The van der Waals surface area contributed by atoms with Crippen molar-refractivity contribution in [1.29, 1.82) is 0 Å². The van der Waals surface area contributed by atoms with E-state index in [1.807, 2.05) is 0 Å². The zero-order chi connectivity index (χ0) is 27.4. The third kappa shape index (κ3) is 6.04. The number of anilines is 1. The van der Waals surface area contributed by atoms with E-state index in [1.54, 1.807) is 43.3 Å². The van der Waals surface area contributed by atoms with Crippen molar-refractivity contribution < 1.29 is 33.1 Å². The van der Waals surface area contributed by atoms with Gasteiger partial charge in [0.2, 0.25) is 5.91 Å². The molecule has 9 nitrogen and oxygen atoms in total. The predicted molar refractivity (Wildman–Crippen MR) is 143 cm³/mol. The third-order valence-corrected chi connectivity index (χ3v) is 6.63. The van der Waals surface area contributed by atoms with Gasteiger partial charge in [-0.25, -0.2) is 4.79 Å². The van der Waals surface area contributed by atoms with Crippen LogP contribution in [0.2, 0.25) is 5.02 Å². The lowest BCUT2D eigenvalue weighted by atomic mass is 10.1. The predicted octanol–water partition coefficient (Wildman–Crippen LogP) is 5.65. The summed E-state index contributed by atoms with van der Waals surface area (Å²) in [6.07, 6.45) is 1.43. The minimum atomic E-state index is -0.640. The molecule has 1 saturated heterocycles. The van der Waals surface area contributed by atoms with Gasteiger partial charge in [-0.05, 0) is 55.9 Å². The number of nitrogens with one attached hydrogen (secondary N) is 1. The van der Waals surface area contributed by atoms with Crippen LogP contribution in [0.1, 0.15) is 40.3 Å². The van der Waals surface area contributed by atoms with Crippen molar-refractivity contribution in [2.45, 2.75) is 13.8 Å². The monoisotopic (exact) mass is 552 g/mol. The number of amides is 3. The maximum absolute atomic E-state index is 12.8. The van der Waals surface area contributed by atoms with Crippen molar-refractivity contribution in [2.24, 2.45) is 0 Å². The summed E-state index contributed by atoms with van der Waals surface area (Å²) in [5.41, 5.74) is 1.65. The van der Waals surface area contributed by atoms with Gasteiger partial charge in [0.05, 0.1) is 22.1 Å². The first-order chi connectivity index (χ1) is 18.2. The van der Waals surface area contributed by atoms with Gasteiger partial charge >= 0.3 is 5.97 Å². The molecular formula is C27H21ClN2O7S. The number of nitrogens with zero attached hydrogens (tertiary/aromatic N) is 1. The Morgan fingerprint density at radius 1 is 1.08 bits per heavy atom. The van der Waals surface area contributed by atoms with Gasteiger partial charge in [-0.1, -0.05) is 35.9 Å². The second-order valence-corrected chi connectivity index (χ2v) is 9.47. The fourth-order valence-corrected chi connectivity index (χ4v) is 4.55. The van der Waals surface area contributed by atoms with Crippen LogP contribution in [0.5, 0.6) is 0 Å². The van der Waals surface area contributed by atoms with Crippen LogP contribution < -0.4 is 5.32 Å². The van der Waals surface area contributed by atoms with Crippen LogP contribution >= 0.6 is 23.4 Å². The zero-order valence-electron chi connectivity index (χ0n) is 20.3. The van der Waals surface area contributed by atoms with Gasteiger partial charge in [0.25, 0.3) is 11.1 Å². The number of imide groups is 1. The summed E-state index contributed by atoms with van der Waals surface area (Å²) in [7, 11) is 0. The van der Waals surface area contributed by atoms with E-state index in [-0.39, 0.29) is 33.6 Å². The average molecular weight is 553 g/mol. The van der Waals surface area contributed by atoms with E-state index >= 15 is 0 Å². The van der Waals surface area contributed by atoms with Crippen LogP contribution in [0.3, 0.4) is 0 Å². The number of benzene rings is 2. The number of Topliss-reactive ketones (excluding diaryl/α,β-unsaturated/α-hetero) is 1. The van der Waals surface area contributed by atoms with Crippen molar-refractivity contribution in [3.63, 3.8) is 0 Å². The molecule has 0 unspecified atom stereocenters. The molecule has 0 radical (unpaired) electrons. The first-order valence-electron chi connectivity index (χ1n) is 11.4.